The zero-order valence-corrected chi connectivity index (χ0v) is 7.45. The van der Waals surface area contributed by atoms with Gasteiger partial charge in [0.1, 0.15) is 0 Å². The van der Waals surface area contributed by atoms with Gasteiger partial charge in [0.25, 0.3) is 11.8 Å². The number of nitrogens with one attached hydrogen (secondary N) is 1. The second-order valence-corrected chi connectivity index (χ2v) is 3.26. The summed E-state index contributed by atoms with van der Waals surface area (Å²) in [6.07, 6.45) is 2.13. The van der Waals surface area contributed by atoms with Crippen molar-refractivity contribution in [1.29, 1.82) is 0 Å². The third-order valence-electron chi connectivity index (χ3n) is 1.98. The van der Waals surface area contributed by atoms with Crippen LogP contribution in [-0.2, 0) is 0 Å². The number of nitrogens with two attached hydrogens (primary N) is 1. The van der Waals surface area contributed by atoms with Crippen molar-refractivity contribution in [1.82, 2.24) is 15.5 Å². The summed E-state index contributed by atoms with van der Waals surface area (Å²) in [5.41, 5.74) is 6.39. The zero-order valence-electron chi connectivity index (χ0n) is 7.45. The molecule has 0 amide bonds. The topological polar surface area (TPSA) is 77.0 Å². The molecule has 0 radical (unpaired) electrons. The Kier molecular flexibility index (Phi) is 2.02. The fourth-order valence-corrected chi connectivity index (χ4v) is 1.41. The molecule has 1 atom stereocenters. The molecular weight excluding hydrogens is 168 g/mol. The van der Waals surface area contributed by atoms with E-state index in [1.54, 1.807) is 0 Å². The summed E-state index contributed by atoms with van der Waals surface area (Å²) < 4.78 is 4.96. The molecule has 0 aliphatic carbocycles. The summed E-state index contributed by atoms with van der Waals surface area (Å²) >= 11 is 0. The highest BCUT2D eigenvalue weighted by atomic mass is 16.5. The predicted molar refractivity (Wildman–Crippen MR) is 48.7 cm³/mol. The molecule has 70 valence electrons. The molecule has 2 rings (SSSR count). The van der Waals surface area contributed by atoms with Crippen molar-refractivity contribution in [2.45, 2.75) is 6.92 Å². The summed E-state index contributed by atoms with van der Waals surface area (Å²) in [4.78, 5) is 3.96. The molecule has 1 aromatic rings. The Morgan fingerprint density at radius 1 is 1.69 bits per heavy atom. The van der Waals surface area contributed by atoms with E-state index in [4.69, 9.17) is 10.3 Å². The van der Waals surface area contributed by atoms with E-state index in [1.165, 1.54) is 0 Å². The first-order valence-corrected chi connectivity index (χ1v) is 4.26. The van der Waals surface area contributed by atoms with Crippen LogP contribution in [0, 0.1) is 5.92 Å². The molecule has 5 heteroatoms. The summed E-state index contributed by atoms with van der Waals surface area (Å²) in [6.45, 7) is 3.89. The Hall–Kier alpha value is -1.36. The lowest BCUT2D eigenvalue weighted by Gasteiger charge is -2.16. The van der Waals surface area contributed by atoms with Gasteiger partial charge in [-0.1, -0.05) is 13.0 Å². The van der Waals surface area contributed by atoms with Gasteiger partial charge in [0, 0.05) is 18.7 Å². The van der Waals surface area contributed by atoms with Gasteiger partial charge < -0.3 is 15.6 Å². The van der Waals surface area contributed by atoms with E-state index < -0.39 is 0 Å². The van der Waals surface area contributed by atoms with Crippen LogP contribution in [0.4, 0.5) is 5.95 Å². The molecule has 0 spiro atoms. The van der Waals surface area contributed by atoms with Crippen molar-refractivity contribution >= 4 is 11.5 Å². The lowest BCUT2D eigenvalue weighted by molar-refractivity contribution is 0.405. The molecule has 0 aromatic carbocycles. The minimum absolute atomic E-state index is 0.189. The third kappa shape index (κ3) is 1.70. The van der Waals surface area contributed by atoms with Crippen molar-refractivity contribution < 1.29 is 4.52 Å². The summed E-state index contributed by atoms with van der Waals surface area (Å²) in [5.74, 6) is 1.21. The Labute approximate surface area is 76.0 Å². The van der Waals surface area contributed by atoms with Crippen molar-refractivity contribution in [3.8, 4) is 0 Å². The Bertz CT molecular complexity index is 331. The highest BCUT2D eigenvalue weighted by Crippen LogP contribution is 2.17. The fraction of sp³-hybridized carbons (Fsp3) is 0.500. The number of hydrogen-bond donors (Lipinski definition) is 2. The van der Waals surface area contributed by atoms with Crippen molar-refractivity contribution in [2.24, 2.45) is 5.92 Å². The average Bonchev–Trinajstić information content (AvgIpc) is 2.52. The van der Waals surface area contributed by atoms with Gasteiger partial charge in [-0.2, -0.15) is 4.98 Å². The highest BCUT2D eigenvalue weighted by Gasteiger charge is 2.15. The largest absolute Gasteiger partial charge is 0.365 e. The van der Waals surface area contributed by atoms with Gasteiger partial charge in [-0.05, 0) is 11.1 Å². The van der Waals surface area contributed by atoms with Gasteiger partial charge in [-0.3, -0.25) is 0 Å². The molecule has 0 saturated heterocycles. The van der Waals surface area contributed by atoms with Gasteiger partial charge in [0.15, 0.2) is 0 Å². The minimum atomic E-state index is 0.189. The van der Waals surface area contributed by atoms with Crippen LogP contribution >= 0.6 is 0 Å². The third-order valence-corrected chi connectivity index (χ3v) is 1.98. The maximum atomic E-state index is 5.36. The van der Waals surface area contributed by atoms with Crippen molar-refractivity contribution in [3.05, 3.63) is 12.0 Å². The molecular formula is C8H12N4O. The first kappa shape index (κ1) is 8.25. The molecule has 1 aliphatic rings. The van der Waals surface area contributed by atoms with Gasteiger partial charge in [-0.15, -0.1) is 0 Å². The molecule has 3 N–H and O–H groups in total. The number of hydrogen-bond acceptors (Lipinski definition) is 5. The Balaban J connectivity index is 2.25. The van der Waals surface area contributed by atoms with E-state index >= 15 is 0 Å². The van der Waals surface area contributed by atoms with Crippen molar-refractivity contribution in [3.63, 3.8) is 0 Å². The number of nitrogen functional groups attached to an aromatic ring is 1. The normalized spacial score (nSPS) is 22.8. The highest BCUT2D eigenvalue weighted by molar-refractivity contribution is 5.61. The standard InChI is InChI=1S/C8H12N4O/c1-5-2-6(4-10-3-5)7-11-8(9)12-13-7/h2,5,10H,3-4H2,1H3,(H2,9,12). The maximum absolute atomic E-state index is 5.36. The molecule has 0 saturated carbocycles. The fourth-order valence-electron chi connectivity index (χ4n) is 1.41. The monoisotopic (exact) mass is 180 g/mol. The van der Waals surface area contributed by atoms with E-state index in [9.17, 15) is 0 Å². The molecule has 1 unspecified atom stereocenters. The first-order valence-electron chi connectivity index (χ1n) is 4.26. The molecule has 1 aliphatic heterocycles. The van der Waals surface area contributed by atoms with Gasteiger partial charge >= 0.3 is 0 Å². The number of anilines is 1. The number of rotatable bonds is 1. The quantitative estimate of drug-likeness (QED) is 0.649. The predicted octanol–water partition coefficient (Wildman–Crippen LogP) is 0.274. The average molecular weight is 180 g/mol. The van der Waals surface area contributed by atoms with Crippen LogP contribution in [0.15, 0.2) is 10.6 Å². The molecule has 0 bridgehead atoms. The van der Waals surface area contributed by atoms with Crippen LogP contribution in [0.2, 0.25) is 0 Å². The van der Waals surface area contributed by atoms with Crippen LogP contribution in [0.5, 0.6) is 0 Å². The zero-order chi connectivity index (χ0) is 9.26. The molecule has 5 nitrogen and oxygen atoms in total. The van der Waals surface area contributed by atoms with E-state index in [-0.39, 0.29) is 5.95 Å². The van der Waals surface area contributed by atoms with Crippen LogP contribution < -0.4 is 11.1 Å². The van der Waals surface area contributed by atoms with Crippen LogP contribution in [0.3, 0.4) is 0 Å². The summed E-state index contributed by atoms with van der Waals surface area (Å²) in [6, 6.07) is 0. The van der Waals surface area contributed by atoms with E-state index in [0.717, 1.165) is 18.7 Å². The first-order chi connectivity index (χ1) is 6.25. The molecule has 1 aromatic heterocycles. The van der Waals surface area contributed by atoms with E-state index in [2.05, 4.69) is 28.5 Å². The second kappa shape index (κ2) is 3.18. The smallest absolute Gasteiger partial charge is 0.261 e. The SMILES string of the molecule is CC1C=C(c2nc(N)no2)CNC1. The van der Waals surface area contributed by atoms with Gasteiger partial charge in [-0.25, -0.2) is 0 Å². The Morgan fingerprint density at radius 2 is 2.54 bits per heavy atom. The van der Waals surface area contributed by atoms with Crippen LogP contribution in [0.1, 0.15) is 12.8 Å². The molecule has 2 heterocycles. The van der Waals surface area contributed by atoms with Crippen LogP contribution in [-0.4, -0.2) is 23.2 Å². The molecule has 13 heavy (non-hydrogen) atoms. The van der Waals surface area contributed by atoms with Crippen molar-refractivity contribution in [2.75, 3.05) is 18.8 Å². The van der Waals surface area contributed by atoms with E-state index in [0.29, 0.717) is 11.8 Å². The minimum Gasteiger partial charge on any atom is -0.365 e. The van der Waals surface area contributed by atoms with Gasteiger partial charge in [0.2, 0.25) is 0 Å². The van der Waals surface area contributed by atoms with E-state index in [1.807, 2.05) is 0 Å². The summed E-state index contributed by atoms with van der Waals surface area (Å²) in [7, 11) is 0. The molecule has 0 fully saturated rings. The lowest BCUT2D eigenvalue weighted by Crippen LogP contribution is -2.27. The second-order valence-electron chi connectivity index (χ2n) is 3.26. The number of aromatic nitrogens is 2. The van der Waals surface area contributed by atoms with Gasteiger partial charge in [0.05, 0.1) is 0 Å². The maximum Gasteiger partial charge on any atom is 0.261 e. The number of nitrogens with zero attached hydrogens (tertiary/aromatic N) is 2. The van der Waals surface area contributed by atoms with Crippen LogP contribution in [0.25, 0.3) is 5.57 Å². The summed E-state index contributed by atoms with van der Waals surface area (Å²) in [5, 5.41) is 6.80. The lowest BCUT2D eigenvalue weighted by atomic mass is 10.0. The Morgan fingerprint density at radius 3 is 3.15 bits per heavy atom.